The lowest BCUT2D eigenvalue weighted by atomic mass is 10.0. The maximum Gasteiger partial charge on any atom is 0.137 e. The summed E-state index contributed by atoms with van der Waals surface area (Å²) in [5.41, 5.74) is 1.65. The van der Waals surface area contributed by atoms with Crippen molar-refractivity contribution in [3.8, 4) is 0 Å². The Hall–Kier alpha value is -2.53. The molecule has 1 unspecified atom stereocenters. The fourth-order valence-corrected chi connectivity index (χ4v) is 2.67. The highest BCUT2D eigenvalue weighted by Crippen LogP contribution is 2.32. The fraction of sp³-hybridized carbons (Fsp3) is 0.316. The van der Waals surface area contributed by atoms with Crippen LogP contribution in [0.25, 0.3) is 0 Å². The van der Waals surface area contributed by atoms with Gasteiger partial charge in [0.2, 0.25) is 0 Å². The third-order valence-electron chi connectivity index (χ3n) is 3.89. The second kappa shape index (κ2) is 6.53. The average molecular weight is 322 g/mol. The minimum Gasteiger partial charge on any atom is -0.384 e. The summed E-state index contributed by atoms with van der Waals surface area (Å²) in [6.45, 7) is 5.60. The maximum absolute atomic E-state index is 10.1. The molecule has 0 amide bonds. The van der Waals surface area contributed by atoms with Crippen LogP contribution in [0.15, 0.2) is 59.6 Å². The molecule has 1 atom stereocenters. The Morgan fingerprint density at radius 1 is 1.17 bits per heavy atom. The summed E-state index contributed by atoms with van der Waals surface area (Å²) < 4.78 is 0. The number of allylic oxidation sites excluding steroid dienone is 1. The highest BCUT2D eigenvalue weighted by atomic mass is 16.3. The molecule has 2 aromatic rings. The van der Waals surface area contributed by atoms with E-state index in [1.54, 1.807) is 26.2 Å². The first-order valence-corrected chi connectivity index (χ1v) is 8.07. The van der Waals surface area contributed by atoms with Gasteiger partial charge < -0.3 is 5.11 Å². The molecule has 1 aliphatic heterocycles. The molecule has 0 saturated carbocycles. The first-order valence-electron chi connectivity index (χ1n) is 8.07. The Kier molecular flexibility index (Phi) is 4.44. The van der Waals surface area contributed by atoms with Gasteiger partial charge in [-0.15, -0.1) is 0 Å². The van der Waals surface area contributed by atoms with Gasteiger partial charge in [0.15, 0.2) is 0 Å². The molecule has 0 saturated heterocycles. The van der Waals surface area contributed by atoms with E-state index in [0.29, 0.717) is 11.6 Å². The van der Waals surface area contributed by atoms with Crippen molar-refractivity contribution in [3.63, 3.8) is 0 Å². The van der Waals surface area contributed by atoms with Crippen LogP contribution in [-0.2, 0) is 5.60 Å². The van der Waals surface area contributed by atoms with Gasteiger partial charge in [-0.25, -0.2) is 4.98 Å². The quantitative estimate of drug-likeness (QED) is 0.930. The van der Waals surface area contributed by atoms with Crippen LogP contribution in [0, 0.1) is 5.92 Å². The molecule has 0 fully saturated rings. The van der Waals surface area contributed by atoms with Gasteiger partial charge in [0, 0.05) is 24.3 Å². The maximum atomic E-state index is 10.1. The van der Waals surface area contributed by atoms with Crippen molar-refractivity contribution in [2.75, 3.05) is 4.90 Å². The number of aliphatic hydroxyl groups is 1. The molecule has 124 valence electrons. The first-order chi connectivity index (χ1) is 11.4. The minimum absolute atomic E-state index is 0.375. The Morgan fingerprint density at radius 3 is 2.58 bits per heavy atom. The molecular formula is C19H22N4O. The van der Waals surface area contributed by atoms with Gasteiger partial charge in [0.05, 0.1) is 17.6 Å². The summed E-state index contributed by atoms with van der Waals surface area (Å²) >= 11 is 0. The van der Waals surface area contributed by atoms with Crippen LogP contribution >= 0.6 is 0 Å². The highest BCUT2D eigenvalue weighted by molar-refractivity contribution is 5.69. The van der Waals surface area contributed by atoms with E-state index < -0.39 is 5.60 Å². The van der Waals surface area contributed by atoms with Crippen LogP contribution in [0.4, 0.5) is 11.5 Å². The van der Waals surface area contributed by atoms with E-state index in [4.69, 9.17) is 0 Å². The smallest absolute Gasteiger partial charge is 0.137 e. The average Bonchev–Trinajstić information content (AvgIpc) is 2.56. The molecule has 1 N–H and O–H groups in total. The topological polar surface area (TPSA) is 61.6 Å². The van der Waals surface area contributed by atoms with Crippen LogP contribution in [0.3, 0.4) is 0 Å². The van der Waals surface area contributed by atoms with E-state index in [-0.39, 0.29) is 0 Å². The number of hydrogen-bond donors (Lipinski definition) is 1. The van der Waals surface area contributed by atoms with Crippen LogP contribution in [-0.4, -0.2) is 21.3 Å². The van der Waals surface area contributed by atoms with Crippen LogP contribution < -0.4 is 4.90 Å². The molecule has 24 heavy (non-hydrogen) atoms. The number of anilines is 2. The Morgan fingerprint density at radius 2 is 2.00 bits per heavy atom. The zero-order valence-electron chi connectivity index (χ0n) is 14.2. The van der Waals surface area contributed by atoms with Gasteiger partial charge in [-0.3, -0.25) is 14.9 Å². The molecule has 0 aliphatic carbocycles. The van der Waals surface area contributed by atoms with Crippen molar-refractivity contribution in [2.24, 2.45) is 10.9 Å². The lowest BCUT2D eigenvalue weighted by Crippen LogP contribution is -2.22. The number of pyridine rings is 2. The van der Waals surface area contributed by atoms with Gasteiger partial charge in [-0.05, 0) is 50.5 Å². The van der Waals surface area contributed by atoms with Crippen LogP contribution in [0.5, 0.6) is 0 Å². The van der Waals surface area contributed by atoms with Gasteiger partial charge in [0.1, 0.15) is 11.4 Å². The molecule has 0 spiro atoms. The second-order valence-corrected chi connectivity index (χ2v) is 6.58. The largest absolute Gasteiger partial charge is 0.384 e. The van der Waals surface area contributed by atoms with Crippen molar-refractivity contribution in [2.45, 2.75) is 32.8 Å². The summed E-state index contributed by atoms with van der Waals surface area (Å²) in [7, 11) is 0. The van der Waals surface area contributed by atoms with Gasteiger partial charge >= 0.3 is 0 Å². The third kappa shape index (κ3) is 3.51. The molecule has 0 radical (unpaired) electrons. The number of aliphatic imine (C=N–C) groups is 1. The zero-order chi connectivity index (χ0) is 17.2. The predicted molar refractivity (Wildman–Crippen MR) is 96.2 cm³/mol. The van der Waals surface area contributed by atoms with Crippen molar-refractivity contribution in [1.29, 1.82) is 0 Å². The molecular weight excluding hydrogens is 300 g/mol. The van der Waals surface area contributed by atoms with Crippen LogP contribution in [0.1, 0.15) is 32.9 Å². The highest BCUT2D eigenvalue weighted by Gasteiger charge is 2.22. The Balaban J connectivity index is 2.02. The van der Waals surface area contributed by atoms with Crippen molar-refractivity contribution in [3.05, 3.63) is 60.3 Å². The number of rotatable bonds is 4. The van der Waals surface area contributed by atoms with Gasteiger partial charge in [-0.1, -0.05) is 13.0 Å². The number of nitrogens with zero attached hydrogens (tertiary/aromatic N) is 4. The van der Waals surface area contributed by atoms with E-state index in [1.165, 1.54) is 0 Å². The summed E-state index contributed by atoms with van der Waals surface area (Å²) in [5.74, 6) is 1.20. The van der Waals surface area contributed by atoms with Gasteiger partial charge in [0.25, 0.3) is 0 Å². The number of hydrogen-bond acceptors (Lipinski definition) is 5. The number of aromatic nitrogens is 2. The minimum atomic E-state index is -0.961. The van der Waals surface area contributed by atoms with E-state index in [9.17, 15) is 5.11 Å². The zero-order valence-corrected chi connectivity index (χ0v) is 14.2. The van der Waals surface area contributed by atoms with E-state index >= 15 is 0 Å². The van der Waals surface area contributed by atoms with Crippen molar-refractivity contribution >= 4 is 17.7 Å². The Labute approximate surface area is 142 Å². The van der Waals surface area contributed by atoms with Crippen LogP contribution in [0.2, 0.25) is 0 Å². The molecule has 5 nitrogen and oxygen atoms in total. The first kappa shape index (κ1) is 16.3. The second-order valence-electron chi connectivity index (χ2n) is 6.58. The standard InChI is InChI=1S/C19H22N4O/c1-14-10-16(12-20-11-14)23(18-6-4-5-9-21-18)15-7-8-17(22-13-15)19(2,3)24/h4-9,11-14,24H,10H2,1-3H3. The fourth-order valence-electron chi connectivity index (χ4n) is 2.67. The van der Waals surface area contributed by atoms with Crippen molar-refractivity contribution < 1.29 is 5.11 Å². The summed E-state index contributed by atoms with van der Waals surface area (Å²) in [4.78, 5) is 15.3. The summed E-state index contributed by atoms with van der Waals surface area (Å²) in [6, 6.07) is 9.63. The molecule has 0 bridgehead atoms. The third-order valence-corrected chi connectivity index (χ3v) is 3.89. The molecule has 0 aromatic carbocycles. The Bertz CT molecular complexity index is 745. The molecule has 3 heterocycles. The molecule has 3 rings (SSSR count). The SMILES string of the molecule is CC1C=NC=C(N(c2ccc(C(C)(C)O)nc2)c2ccccn2)C1. The molecule has 2 aromatic heterocycles. The normalized spacial score (nSPS) is 17.5. The lowest BCUT2D eigenvalue weighted by Gasteiger charge is -2.29. The molecule has 1 aliphatic rings. The van der Waals surface area contributed by atoms with E-state index in [0.717, 1.165) is 23.6 Å². The van der Waals surface area contributed by atoms with E-state index in [1.807, 2.05) is 42.7 Å². The summed E-state index contributed by atoms with van der Waals surface area (Å²) in [6.07, 6.45) is 8.25. The predicted octanol–water partition coefficient (Wildman–Crippen LogP) is 3.79. The lowest BCUT2D eigenvalue weighted by molar-refractivity contribution is 0.0739. The molecule has 5 heteroatoms. The van der Waals surface area contributed by atoms with E-state index in [2.05, 4.69) is 26.8 Å². The summed E-state index contributed by atoms with van der Waals surface area (Å²) in [5, 5.41) is 10.1. The van der Waals surface area contributed by atoms with Gasteiger partial charge in [-0.2, -0.15) is 0 Å². The van der Waals surface area contributed by atoms with Crippen molar-refractivity contribution in [1.82, 2.24) is 9.97 Å². The monoisotopic (exact) mass is 322 g/mol.